The molecule has 1 aliphatic heterocycles. The summed E-state index contributed by atoms with van der Waals surface area (Å²) in [5, 5.41) is 14.4. The number of hydrogen-bond donors (Lipinski definition) is 1. The number of nitrogens with zero attached hydrogens (tertiary/aromatic N) is 2. The Bertz CT molecular complexity index is 452. The Hall–Kier alpha value is -1.62. The van der Waals surface area contributed by atoms with Crippen LogP contribution in [-0.4, -0.2) is 30.1 Å². The van der Waals surface area contributed by atoms with Crippen LogP contribution in [0.1, 0.15) is 19.4 Å². The van der Waals surface area contributed by atoms with Crippen molar-refractivity contribution in [3.8, 4) is 0 Å². The van der Waals surface area contributed by atoms with E-state index in [-0.39, 0.29) is 10.6 Å². The zero-order chi connectivity index (χ0) is 13.3. The molecule has 5 nitrogen and oxygen atoms in total. The van der Waals surface area contributed by atoms with E-state index in [0.29, 0.717) is 12.1 Å². The second-order valence-electron chi connectivity index (χ2n) is 5.05. The van der Waals surface area contributed by atoms with Gasteiger partial charge in [-0.05, 0) is 26.8 Å². The van der Waals surface area contributed by atoms with Crippen molar-refractivity contribution in [3.05, 3.63) is 33.9 Å². The van der Waals surface area contributed by atoms with E-state index in [4.69, 9.17) is 0 Å². The minimum Gasteiger partial charge on any atom is -0.368 e. The molecule has 1 heterocycles. The Kier molecular flexibility index (Phi) is 3.52. The average Bonchev–Trinajstić information content (AvgIpc) is 2.27. The number of benzene rings is 1. The van der Waals surface area contributed by atoms with Gasteiger partial charge in [-0.3, -0.25) is 10.1 Å². The van der Waals surface area contributed by atoms with Crippen molar-refractivity contribution >= 4 is 11.4 Å². The first-order valence-electron chi connectivity index (χ1n) is 6.24. The molecule has 0 spiro atoms. The van der Waals surface area contributed by atoms with Gasteiger partial charge in [0.2, 0.25) is 0 Å². The molecule has 1 fully saturated rings. The van der Waals surface area contributed by atoms with Crippen LogP contribution in [0.4, 0.5) is 11.4 Å². The number of nitrogens with one attached hydrogen (secondary N) is 1. The van der Waals surface area contributed by atoms with E-state index in [2.05, 4.69) is 24.1 Å². The van der Waals surface area contributed by atoms with E-state index in [9.17, 15) is 10.1 Å². The molecule has 1 aromatic rings. The summed E-state index contributed by atoms with van der Waals surface area (Å²) in [6, 6.07) is 6.08. The third-order valence-electron chi connectivity index (χ3n) is 3.37. The number of nitro groups is 1. The predicted octanol–water partition coefficient (Wildman–Crippen LogP) is 2.09. The highest BCUT2D eigenvalue weighted by Crippen LogP contribution is 2.29. The van der Waals surface area contributed by atoms with Crippen LogP contribution in [-0.2, 0) is 0 Å². The Morgan fingerprint density at radius 2 is 1.94 bits per heavy atom. The Morgan fingerprint density at radius 3 is 2.50 bits per heavy atom. The van der Waals surface area contributed by atoms with E-state index < -0.39 is 0 Å². The lowest BCUT2D eigenvalue weighted by molar-refractivity contribution is -0.385. The van der Waals surface area contributed by atoms with Gasteiger partial charge in [-0.25, -0.2) is 0 Å². The monoisotopic (exact) mass is 249 g/mol. The summed E-state index contributed by atoms with van der Waals surface area (Å²) in [6.07, 6.45) is 0. The van der Waals surface area contributed by atoms with Gasteiger partial charge in [0.05, 0.1) is 10.5 Å². The Labute approximate surface area is 107 Å². The molecule has 0 amide bonds. The summed E-state index contributed by atoms with van der Waals surface area (Å²) in [6.45, 7) is 7.86. The number of anilines is 1. The van der Waals surface area contributed by atoms with E-state index in [0.717, 1.165) is 24.3 Å². The minimum absolute atomic E-state index is 0.200. The van der Waals surface area contributed by atoms with Gasteiger partial charge in [0.25, 0.3) is 5.69 Å². The minimum atomic E-state index is -0.312. The van der Waals surface area contributed by atoms with E-state index >= 15 is 0 Å². The summed E-state index contributed by atoms with van der Waals surface area (Å²) in [7, 11) is 0. The highest BCUT2D eigenvalue weighted by Gasteiger charge is 2.24. The first kappa shape index (κ1) is 12.8. The number of piperazine rings is 1. The molecule has 1 N–H and O–H groups in total. The van der Waals surface area contributed by atoms with Gasteiger partial charge in [-0.2, -0.15) is 0 Å². The second kappa shape index (κ2) is 4.94. The van der Waals surface area contributed by atoms with Crippen molar-refractivity contribution in [2.45, 2.75) is 32.9 Å². The van der Waals surface area contributed by atoms with Crippen molar-refractivity contribution in [3.63, 3.8) is 0 Å². The van der Waals surface area contributed by atoms with Crippen LogP contribution in [0.25, 0.3) is 0 Å². The molecule has 2 rings (SSSR count). The molecule has 0 radical (unpaired) electrons. The van der Waals surface area contributed by atoms with Crippen molar-refractivity contribution in [2.24, 2.45) is 0 Å². The maximum atomic E-state index is 11.0. The van der Waals surface area contributed by atoms with Crippen molar-refractivity contribution in [1.29, 1.82) is 0 Å². The molecule has 0 aromatic heterocycles. The lowest BCUT2D eigenvalue weighted by Gasteiger charge is -2.38. The number of nitro benzene ring substituents is 1. The Morgan fingerprint density at radius 1 is 1.33 bits per heavy atom. The molecule has 2 atom stereocenters. The molecule has 0 saturated carbocycles. The molecule has 18 heavy (non-hydrogen) atoms. The zero-order valence-corrected chi connectivity index (χ0v) is 11.0. The molecule has 1 saturated heterocycles. The van der Waals surface area contributed by atoms with Crippen LogP contribution in [0.2, 0.25) is 0 Å². The lowest BCUT2D eigenvalue weighted by atomic mass is 10.1. The van der Waals surface area contributed by atoms with Crippen molar-refractivity contribution < 1.29 is 4.92 Å². The molecular formula is C13H19N3O2. The van der Waals surface area contributed by atoms with Crippen LogP contribution in [0.15, 0.2) is 18.2 Å². The van der Waals surface area contributed by atoms with Crippen molar-refractivity contribution in [2.75, 3.05) is 18.0 Å². The van der Waals surface area contributed by atoms with Gasteiger partial charge in [-0.15, -0.1) is 0 Å². The molecule has 1 aromatic carbocycles. The molecule has 98 valence electrons. The van der Waals surface area contributed by atoms with Crippen LogP contribution >= 0.6 is 0 Å². The molecular weight excluding hydrogens is 230 g/mol. The molecule has 0 aliphatic carbocycles. The van der Waals surface area contributed by atoms with Crippen molar-refractivity contribution in [1.82, 2.24) is 5.32 Å². The van der Waals surface area contributed by atoms with Gasteiger partial charge < -0.3 is 10.2 Å². The zero-order valence-electron chi connectivity index (χ0n) is 11.0. The van der Waals surface area contributed by atoms with E-state index in [1.165, 1.54) is 0 Å². The average molecular weight is 249 g/mol. The topological polar surface area (TPSA) is 58.4 Å². The summed E-state index contributed by atoms with van der Waals surface area (Å²) >= 11 is 0. The molecule has 5 heteroatoms. The van der Waals surface area contributed by atoms with Gasteiger partial charge >= 0.3 is 0 Å². The normalized spacial score (nSPS) is 24.1. The highest BCUT2D eigenvalue weighted by atomic mass is 16.6. The van der Waals surface area contributed by atoms with Gasteiger partial charge in [0.1, 0.15) is 0 Å². The predicted molar refractivity (Wildman–Crippen MR) is 72.1 cm³/mol. The summed E-state index contributed by atoms with van der Waals surface area (Å²) in [4.78, 5) is 12.9. The second-order valence-corrected chi connectivity index (χ2v) is 5.05. The molecule has 1 aliphatic rings. The van der Waals surface area contributed by atoms with Gasteiger partial charge in [0.15, 0.2) is 0 Å². The third-order valence-corrected chi connectivity index (χ3v) is 3.37. The van der Waals surface area contributed by atoms with Crippen LogP contribution < -0.4 is 10.2 Å². The quantitative estimate of drug-likeness (QED) is 0.644. The standard InChI is InChI=1S/C13H19N3O2/c1-9-7-15(8-10(2)14-9)12-5-4-6-13(11(12)3)16(17)18/h4-6,9-10,14H,7-8H2,1-3H3. The largest absolute Gasteiger partial charge is 0.368 e. The fourth-order valence-corrected chi connectivity index (χ4v) is 2.68. The first-order chi connectivity index (χ1) is 8.49. The highest BCUT2D eigenvalue weighted by molar-refractivity contribution is 5.61. The maximum absolute atomic E-state index is 11.0. The SMILES string of the molecule is Cc1c(N2CC(C)NC(C)C2)cccc1[N+](=O)[O-]. The third kappa shape index (κ3) is 2.46. The van der Waals surface area contributed by atoms with Gasteiger partial charge in [-0.1, -0.05) is 6.07 Å². The lowest BCUT2D eigenvalue weighted by Crippen LogP contribution is -2.54. The maximum Gasteiger partial charge on any atom is 0.274 e. The molecule has 0 bridgehead atoms. The molecule has 2 unspecified atom stereocenters. The van der Waals surface area contributed by atoms with Gasteiger partial charge in [0, 0.05) is 36.9 Å². The smallest absolute Gasteiger partial charge is 0.274 e. The fourth-order valence-electron chi connectivity index (χ4n) is 2.68. The summed E-state index contributed by atoms with van der Waals surface area (Å²) in [5.74, 6) is 0. The first-order valence-corrected chi connectivity index (χ1v) is 6.24. The van der Waals surface area contributed by atoms with E-state index in [1.54, 1.807) is 12.1 Å². The van der Waals surface area contributed by atoms with Crippen LogP contribution in [0, 0.1) is 17.0 Å². The summed E-state index contributed by atoms with van der Waals surface area (Å²) < 4.78 is 0. The summed E-state index contributed by atoms with van der Waals surface area (Å²) in [5.41, 5.74) is 1.93. The van der Waals surface area contributed by atoms with Crippen LogP contribution in [0.5, 0.6) is 0 Å². The van der Waals surface area contributed by atoms with Crippen LogP contribution in [0.3, 0.4) is 0 Å². The number of hydrogen-bond acceptors (Lipinski definition) is 4. The number of rotatable bonds is 2. The Balaban J connectivity index is 2.33. The fraction of sp³-hybridized carbons (Fsp3) is 0.538. The van der Waals surface area contributed by atoms with E-state index in [1.807, 2.05) is 13.0 Å².